The Hall–Kier alpha value is -1.43. The van der Waals surface area contributed by atoms with Crippen molar-refractivity contribution in [3.8, 4) is 0 Å². The molecule has 2 aliphatic heterocycles. The van der Waals surface area contributed by atoms with Crippen molar-refractivity contribution in [1.82, 2.24) is 0 Å². The minimum absolute atomic E-state index is 0.0581. The van der Waals surface area contributed by atoms with Gasteiger partial charge < -0.3 is 19.7 Å². The van der Waals surface area contributed by atoms with Crippen molar-refractivity contribution in [3.63, 3.8) is 0 Å². The van der Waals surface area contributed by atoms with E-state index in [9.17, 15) is 15.0 Å². The summed E-state index contributed by atoms with van der Waals surface area (Å²) in [6.07, 6.45) is 5.17. The molecule has 24 heavy (non-hydrogen) atoms. The molecule has 6 unspecified atom stereocenters. The molecule has 3 fully saturated rings. The summed E-state index contributed by atoms with van der Waals surface area (Å²) in [5.41, 5.74) is -0.139. The summed E-state index contributed by atoms with van der Waals surface area (Å²) >= 11 is 0. The molecule has 0 radical (unpaired) electrons. The summed E-state index contributed by atoms with van der Waals surface area (Å²) in [5, 5.41) is 22.1. The molecule has 2 spiro atoms. The Morgan fingerprint density at radius 3 is 3.08 bits per heavy atom. The lowest BCUT2D eigenvalue weighted by Gasteiger charge is -2.43. The maximum Gasteiger partial charge on any atom is 0.337 e. The van der Waals surface area contributed by atoms with Crippen LogP contribution in [0.2, 0.25) is 0 Å². The van der Waals surface area contributed by atoms with Gasteiger partial charge in [-0.25, -0.2) is 4.79 Å². The van der Waals surface area contributed by atoms with Crippen LogP contribution in [0.1, 0.15) is 32.6 Å². The Morgan fingerprint density at radius 1 is 1.54 bits per heavy atom. The van der Waals surface area contributed by atoms with Crippen molar-refractivity contribution in [2.75, 3.05) is 6.61 Å². The first-order valence-electron chi connectivity index (χ1n) is 8.75. The molecule has 3 saturated carbocycles. The fourth-order valence-electron chi connectivity index (χ4n) is 6.16. The maximum atomic E-state index is 12.5. The van der Waals surface area contributed by atoms with E-state index in [-0.39, 0.29) is 5.92 Å². The Morgan fingerprint density at radius 2 is 2.33 bits per heavy atom. The third-order valence-electron chi connectivity index (χ3n) is 7.03. The van der Waals surface area contributed by atoms with E-state index in [1.807, 2.05) is 12.2 Å². The molecular weight excluding hydrogens is 308 g/mol. The molecule has 4 bridgehead atoms. The Labute approximate surface area is 140 Å². The molecule has 5 nitrogen and oxygen atoms in total. The van der Waals surface area contributed by atoms with Gasteiger partial charge in [0.2, 0.25) is 0 Å². The van der Waals surface area contributed by atoms with Crippen LogP contribution in [-0.4, -0.2) is 46.2 Å². The van der Waals surface area contributed by atoms with Crippen molar-refractivity contribution in [3.05, 3.63) is 35.5 Å². The average molecular weight is 330 g/mol. The number of rotatable bonds is 2. The number of aliphatic hydroxyl groups is 2. The minimum atomic E-state index is -0.890. The number of carbonyl (C=O) groups is 1. The highest BCUT2D eigenvalue weighted by Crippen LogP contribution is 2.72. The van der Waals surface area contributed by atoms with Crippen LogP contribution in [0.4, 0.5) is 0 Å². The number of carbonyl (C=O) groups excluding carboxylic acids is 1. The van der Waals surface area contributed by atoms with Gasteiger partial charge in [0.15, 0.2) is 0 Å². The Balaban J connectivity index is 1.69. The van der Waals surface area contributed by atoms with E-state index < -0.39 is 34.8 Å². The second-order valence-corrected chi connectivity index (χ2v) is 7.95. The van der Waals surface area contributed by atoms with E-state index in [2.05, 4.69) is 6.58 Å². The molecule has 2 N–H and O–H groups in total. The number of esters is 1. The molecule has 5 rings (SSSR count). The van der Waals surface area contributed by atoms with Crippen molar-refractivity contribution < 1.29 is 24.5 Å². The summed E-state index contributed by atoms with van der Waals surface area (Å²) in [7, 11) is 0. The summed E-state index contributed by atoms with van der Waals surface area (Å²) in [5.74, 6) is -0.340. The molecular formula is C19H22O5. The van der Waals surface area contributed by atoms with Crippen molar-refractivity contribution >= 4 is 5.97 Å². The Bertz CT molecular complexity index is 736. The number of hydrogen-bond donors (Lipinski definition) is 2. The molecule has 128 valence electrons. The number of hydrogen-bond acceptors (Lipinski definition) is 5. The molecule has 0 aromatic carbocycles. The van der Waals surface area contributed by atoms with Gasteiger partial charge in [-0.1, -0.05) is 12.7 Å². The second-order valence-electron chi connectivity index (χ2n) is 7.95. The molecule has 5 heteroatoms. The van der Waals surface area contributed by atoms with Gasteiger partial charge in [-0.2, -0.15) is 0 Å². The van der Waals surface area contributed by atoms with Gasteiger partial charge in [0, 0.05) is 16.9 Å². The quantitative estimate of drug-likeness (QED) is 0.591. The first-order valence-corrected chi connectivity index (χ1v) is 8.75. The first-order chi connectivity index (χ1) is 11.4. The van der Waals surface area contributed by atoms with E-state index in [4.69, 9.17) is 9.47 Å². The first kappa shape index (κ1) is 14.9. The van der Waals surface area contributed by atoms with Crippen molar-refractivity contribution in [2.24, 2.45) is 11.3 Å². The average Bonchev–Trinajstić information content (AvgIpc) is 3.19. The third kappa shape index (κ3) is 1.38. The van der Waals surface area contributed by atoms with Gasteiger partial charge in [-0.05, 0) is 44.3 Å². The van der Waals surface area contributed by atoms with E-state index in [0.29, 0.717) is 37.0 Å². The second kappa shape index (κ2) is 4.21. The predicted octanol–water partition coefficient (Wildman–Crippen LogP) is 1.41. The van der Waals surface area contributed by atoms with Crippen molar-refractivity contribution in [1.29, 1.82) is 0 Å². The SMILES string of the molecule is C=C1CC23CC1(O)CCC2C12C=CC(O1)C(C(=O)OCC)=C2C3O. The standard InChI is InChI=1S/C19H22O5/c1-3-23-16(21)13-11-4-7-19(24-11)12-5-6-18(22)9-17(12,8-10(18)2)15(20)14(13)19/h4,7,11-12,15,20,22H,2-3,5-6,8-9H2,1H3. The molecule has 2 heterocycles. The highest BCUT2D eigenvalue weighted by molar-refractivity contribution is 5.94. The van der Waals surface area contributed by atoms with E-state index in [1.165, 1.54) is 0 Å². The maximum absolute atomic E-state index is 12.5. The summed E-state index contributed by atoms with van der Waals surface area (Å²) < 4.78 is 11.5. The fraction of sp³-hybridized carbons (Fsp3) is 0.632. The molecule has 0 saturated heterocycles. The lowest BCUT2D eigenvalue weighted by Crippen LogP contribution is -2.46. The third-order valence-corrected chi connectivity index (χ3v) is 7.03. The van der Waals surface area contributed by atoms with Gasteiger partial charge in [0.05, 0.1) is 23.9 Å². The van der Waals surface area contributed by atoms with Gasteiger partial charge in [-0.15, -0.1) is 0 Å². The minimum Gasteiger partial charge on any atom is -0.463 e. The molecule has 6 atom stereocenters. The largest absolute Gasteiger partial charge is 0.463 e. The normalized spacial score (nSPS) is 50.5. The summed E-state index contributed by atoms with van der Waals surface area (Å²) in [4.78, 5) is 12.5. The zero-order valence-electron chi connectivity index (χ0n) is 13.7. The molecule has 0 amide bonds. The zero-order chi connectivity index (χ0) is 16.9. The van der Waals surface area contributed by atoms with Gasteiger partial charge in [-0.3, -0.25) is 0 Å². The van der Waals surface area contributed by atoms with Crippen LogP contribution in [0.25, 0.3) is 0 Å². The van der Waals surface area contributed by atoms with Gasteiger partial charge in [0.1, 0.15) is 11.7 Å². The molecule has 0 aromatic rings. The predicted molar refractivity (Wildman–Crippen MR) is 84.9 cm³/mol. The van der Waals surface area contributed by atoms with E-state index >= 15 is 0 Å². The van der Waals surface area contributed by atoms with Gasteiger partial charge in [0.25, 0.3) is 0 Å². The van der Waals surface area contributed by atoms with Crippen molar-refractivity contribution in [2.45, 2.75) is 56.0 Å². The lowest BCUT2D eigenvalue weighted by atomic mass is 9.64. The summed E-state index contributed by atoms with van der Waals surface area (Å²) in [6.45, 7) is 6.13. The molecule has 3 aliphatic carbocycles. The van der Waals surface area contributed by atoms with Gasteiger partial charge >= 0.3 is 5.97 Å². The monoisotopic (exact) mass is 330 g/mol. The van der Waals surface area contributed by atoms with E-state index in [1.54, 1.807) is 6.92 Å². The van der Waals surface area contributed by atoms with Crippen LogP contribution >= 0.6 is 0 Å². The smallest absolute Gasteiger partial charge is 0.337 e. The number of ether oxygens (including phenoxy) is 2. The van der Waals surface area contributed by atoms with Crippen LogP contribution < -0.4 is 0 Å². The van der Waals surface area contributed by atoms with Crippen LogP contribution in [0.5, 0.6) is 0 Å². The topological polar surface area (TPSA) is 76.0 Å². The van der Waals surface area contributed by atoms with Crippen LogP contribution in [0.3, 0.4) is 0 Å². The fourth-order valence-corrected chi connectivity index (χ4v) is 6.16. The number of aliphatic hydroxyl groups excluding tert-OH is 1. The molecule has 5 aliphatic rings. The highest BCUT2D eigenvalue weighted by atomic mass is 16.5. The highest BCUT2D eigenvalue weighted by Gasteiger charge is 2.75. The van der Waals surface area contributed by atoms with Crippen LogP contribution in [0, 0.1) is 11.3 Å². The zero-order valence-corrected chi connectivity index (χ0v) is 13.7. The summed E-state index contributed by atoms with van der Waals surface area (Å²) in [6, 6.07) is 0. The lowest BCUT2D eigenvalue weighted by molar-refractivity contribution is -0.140. The van der Waals surface area contributed by atoms with Crippen LogP contribution in [0.15, 0.2) is 35.5 Å². The molecule has 0 aromatic heterocycles. The Kier molecular flexibility index (Phi) is 2.61. The number of fused-ring (bicyclic) bond motifs is 2. The van der Waals surface area contributed by atoms with E-state index in [0.717, 1.165) is 12.0 Å². The van der Waals surface area contributed by atoms with Crippen LogP contribution in [-0.2, 0) is 14.3 Å².